The summed E-state index contributed by atoms with van der Waals surface area (Å²) in [5.41, 5.74) is 7.04. The Balaban J connectivity index is 1.75. The second-order valence-corrected chi connectivity index (χ2v) is 4.70. The van der Waals surface area contributed by atoms with Gasteiger partial charge >= 0.3 is 0 Å². The number of nitrogens with two attached hydrogens (primary N) is 1. The van der Waals surface area contributed by atoms with Crippen molar-refractivity contribution in [3.8, 4) is 0 Å². The van der Waals surface area contributed by atoms with Crippen LogP contribution in [0.1, 0.15) is 18.5 Å². The van der Waals surface area contributed by atoms with Gasteiger partial charge in [0.1, 0.15) is 0 Å². The zero-order valence-electron chi connectivity index (χ0n) is 9.79. The summed E-state index contributed by atoms with van der Waals surface area (Å²) in [6, 6.07) is 2.23. The van der Waals surface area contributed by atoms with Gasteiger partial charge in [0.05, 0.1) is 5.69 Å². The van der Waals surface area contributed by atoms with E-state index in [9.17, 15) is 0 Å². The molecule has 1 aliphatic rings. The normalized spacial score (nSPS) is 22.1. The van der Waals surface area contributed by atoms with Crippen LogP contribution in [0.2, 0.25) is 0 Å². The molecule has 0 bridgehead atoms. The lowest BCUT2D eigenvalue weighted by atomic mass is 10.1. The maximum Gasteiger partial charge on any atom is 0.233 e. The molecule has 1 atom stereocenters. The molecule has 2 aromatic heterocycles. The molecule has 1 aliphatic heterocycles. The van der Waals surface area contributed by atoms with Gasteiger partial charge in [-0.05, 0) is 25.5 Å². The van der Waals surface area contributed by atoms with Crippen molar-refractivity contribution in [1.29, 1.82) is 0 Å². The van der Waals surface area contributed by atoms with Crippen LogP contribution in [0, 0.1) is 0 Å². The Labute approximate surface area is 100 Å². The van der Waals surface area contributed by atoms with E-state index in [-0.39, 0.29) is 0 Å². The lowest BCUT2D eigenvalue weighted by molar-refractivity contribution is 0.200. The van der Waals surface area contributed by atoms with Crippen LogP contribution in [0.25, 0.3) is 5.78 Å². The molecular weight excluding hydrogens is 214 g/mol. The molecule has 0 spiro atoms. The number of likely N-dealkylation sites (tertiary alicyclic amines) is 1. The predicted molar refractivity (Wildman–Crippen MR) is 65.5 cm³/mol. The van der Waals surface area contributed by atoms with E-state index in [1.54, 1.807) is 6.20 Å². The molecule has 3 rings (SSSR count). The van der Waals surface area contributed by atoms with Crippen LogP contribution >= 0.6 is 0 Å². The van der Waals surface area contributed by atoms with Crippen LogP contribution < -0.4 is 5.73 Å². The number of nitrogens with zero attached hydrogens (tertiary/aromatic N) is 4. The highest BCUT2D eigenvalue weighted by molar-refractivity contribution is 5.29. The monoisotopic (exact) mass is 231 g/mol. The molecule has 17 heavy (non-hydrogen) atoms. The number of piperidine rings is 1. The van der Waals surface area contributed by atoms with Crippen molar-refractivity contribution < 1.29 is 0 Å². The topological polar surface area (TPSA) is 59.5 Å². The Kier molecular flexibility index (Phi) is 2.78. The first-order chi connectivity index (χ1) is 8.31. The highest BCUT2D eigenvalue weighted by Crippen LogP contribution is 2.12. The summed E-state index contributed by atoms with van der Waals surface area (Å²) in [5, 5.41) is 0. The first-order valence-corrected chi connectivity index (χ1v) is 6.08. The minimum absolute atomic E-state index is 0.318. The molecule has 0 unspecified atom stereocenters. The molecule has 90 valence electrons. The molecule has 3 heterocycles. The Hall–Kier alpha value is -1.46. The molecule has 2 aromatic rings. The lowest BCUT2D eigenvalue weighted by Crippen LogP contribution is -2.42. The Bertz CT molecular complexity index is 473. The highest BCUT2D eigenvalue weighted by Gasteiger charge is 2.17. The highest BCUT2D eigenvalue weighted by atomic mass is 15.2. The van der Waals surface area contributed by atoms with Crippen molar-refractivity contribution in [1.82, 2.24) is 19.3 Å². The summed E-state index contributed by atoms with van der Waals surface area (Å²) in [4.78, 5) is 11.1. The Morgan fingerprint density at radius 3 is 3.24 bits per heavy atom. The molecular formula is C12H17N5. The predicted octanol–water partition coefficient (Wildman–Crippen LogP) is 0.652. The number of rotatable bonds is 2. The van der Waals surface area contributed by atoms with Crippen LogP contribution in [-0.2, 0) is 6.54 Å². The quantitative estimate of drug-likeness (QED) is 0.824. The van der Waals surface area contributed by atoms with Crippen molar-refractivity contribution >= 4 is 5.78 Å². The maximum absolute atomic E-state index is 5.97. The smallest absolute Gasteiger partial charge is 0.233 e. The third-order valence-electron chi connectivity index (χ3n) is 3.21. The first-order valence-electron chi connectivity index (χ1n) is 6.08. The third-order valence-corrected chi connectivity index (χ3v) is 3.21. The molecule has 1 fully saturated rings. The van der Waals surface area contributed by atoms with E-state index in [0.717, 1.165) is 37.5 Å². The van der Waals surface area contributed by atoms with E-state index in [1.165, 1.54) is 6.42 Å². The first kappa shape index (κ1) is 10.7. The van der Waals surface area contributed by atoms with Crippen LogP contribution in [0.5, 0.6) is 0 Å². The van der Waals surface area contributed by atoms with Crippen LogP contribution in [-0.4, -0.2) is 38.4 Å². The summed E-state index contributed by atoms with van der Waals surface area (Å²) in [6.45, 7) is 2.97. The Morgan fingerprint density at radius 1 is 1.47 bits per heavy atom. The molecule has 5 heteroatoms. The van der Waals surface area contributed by atoms with Gasteiger partial charge in [-0.3, -0.25) is 9.30 Å². The van der Waals surface area contributed by atoms with E-state index >= 15 is 0 Å². The van der Waals surface area contributed by atoms with Gasteiger partial charge in [0, 0.05) is 37.7 Å². The van der Waals surface area contributed by atoms with Gasteiger partial charge in [-0.2, -0.15) is 0 Å². The zero-order valence-corrected chi connectivity index (χ0v) is 9.79. The van der Waals surface area contributed by atoms with E-state index in [4.69, 9.17) is 5.73 Å². The fourth-order valence-corrected chi connectivity index (χ4v) is 2.42. The summed E-state index contributed by atoms with van der Waals surface area (Å²) < 4.78 is 1.96. The van der Waals surface area contributed by atoms with Crippen molar-refractivity contribution in [3.05, 3.63) is 30.4 Å². The van der Waals surface area contributed by atoms with Gasteiger partial charge in [-0.25, -0.2) is 9.97 Å². The lowest BCUT2D eigenvalue weighted by Gasteiger charge is -2.29. The van der Waals surface area contributed by atoms with Crippen LogP contribution in [0.4, 0.5) is 0 Å². The number of aromatic nitrogens is 3. The maximum atomic E-state index is 5.97. The Morgan fingerprint density at radius 2 is 2.41 bits per heavy atom. The molecule has 0 aliphatic carbocycles. The second-order valence-electron chi connectivity index (χ2n) is 4.70. The average Bonchev–Trinajstić information content (AvgIpc) is 2.71. The fraction of sp³-hybridized carbons (Fsp3) is 0.500. The third kappa shape index (κ3) is 2.30. The van der Waals surface area contributed by atoms with E-state index in [2.05, 4.69) is 14.9 Å². The molecule has 0 amide bonds. The summed E-state index contributed by atoms with van der Waals surface area (Å²) in [6.07, 6.45) is 8.11. The van der Waals surface area contributed by atoms with Crippen molar-refractivity contribution in [3.63, 3.8) is 0 Å². The largest absolute Gasteiger partial charge is 0.327 e. The van der Waals surface area contributed by atoms with Crippen molar-refractivity contribution in [2.75, 3.05) is 13.1 Å². The zero-order chi connectivity index (χ0) is 11.7. The van der Waals surface area contributed by atoms with E-state index in [1.807, 2.05) is 22.9 Å². The molecule has 5 nitrogen and oxygen atoms in total. The fourth-order valence-electron chi connectivity index (χ4n) is 2.42. The molecule has 2 N–H and O–H groups in total. The van der Waals surface area contributed by atoms with Gasteiger partial charge in [-0.1, -0.05) is 0 Å². The van der Waals surface area contributed by atoms with E-state index < -0.39 is 0 Å². The van der Waals surface area contributed by atoms with Gasteiger partial charge in [0.15, 0.2) is 0 Å². The standard InChI is InChI=1S/C12H17N5/c13-10-3-1-5-16(7-10)8-11-9-17-6-2-4-14-12(17)15-11/h2,4,6,9-10H,1,3,5,7-8,13H2/t10-/m1/s1. The molecule has 0 radical (unpaired) electrons. The second kappa shape index (κ2) is 4.43. The summed E-state index contributed by atoms with van der Waals surface area (Å²) in [7, 11) is 0. The number of fused-ring (bicyclic) bond motifs is 1. The minimum atomic E-state index is 0.318. The molecule has 0 aromatic carbocycles. The number of hydrogen-bond donors (Lipinski definition) is 1. The van der Waals surface area contributed by atoms with Gasteiger partial charge < -0.3 is 5.73 Å². The van der Waals surface area contributed by atoms with Crippen LogP contribution in [0.3, 0.4) is 0 Å². The minimum Gasteiger partial charge on any atom is -0.327 e. The van der Waals surface area contributed by atoms with Gasteiger partial charge in [-0.15, -0.1) is 0 Å². The van der Waals surface area contributed by atoms with Gasteiger partial charge in [0.25, 0.3) is 0 Å². The van der Waals surface area contributed by atoms with Crippen LogP contribution in [0.15, 0.2) is 24.7 Å². The van der Waals surface area contributed by atoms with Gasteiger partial charge in [0.2, 0.25) is 5.78 Å². The SMILES string of the molecule is N[C@@H]1CCCN(Cc2cn3cccnc3n2)C1. The molecule has 0 saturated carbocycles. The summed E-state index contributed by atoms with van der Waals surface area (Å²) in [5.74, 6) is 0.767. The number of imidazole rings is 1. The van der Waals surface area contributed by atoms with E-state index in [0.29, 0.717) is 6.04 Å². The average molecular weight is 231 g/mol. The summed E-state index contributed by atoms with van der Waals surface area (Å²) >= 11 is 0. The number of hydrogen-bond acceptors (Lipinski definition) is 4. The molecule has 1 saturated heterocycles. The van der Waals surface area contributed by atoms with Crippen molar-refractivity contribution in [2.24, 2.45) is 5.73 Å². The van der Waals surface area contributed by atoms with Crippen molar-refractivity contribution in [2.45, 2.75) is 25.4 Å².